The van der Waals surface area contributed by atoms with E-state index in [0.717, 1.165) is 37.0 Å². The summed E-state index contributed by atoms with van der Waals surface area (Å²) in [6.45, 7) is 1.68. The molecule has 4 nitrogen and oxygen atoms in total. The molecule has 2 aromatic rings. The van der Waals surface area contributed by atoms with Crippen LogP contribution in [0, 0.1) is 5.82 Å². The zero-order valence-corrected chi connectivity index (χ0v) is 9.40. The highest BCUT2D eigenvalue weighted by molar-refractivity contribution is 5.79. The number of benzene rings is 1. The first kappa shape index (κ1) is 10.7. The van der Waals surface area contributed by atoms with Crippen LogP contribution in [0.15, 0.2) is 22.7 Å². The molecule has 0 unspecified atom stereocenters. The molecular formula is C12H14FN3O. The van der Waals surface area contributed by atoms with E-state index in [2.05, 4.69) is 5.16 Å². The number of rotatable bonds is 1. The van der Waals surface area contributed by atoms with Gasteiger partial charge in [0.25, 0.3) is 0 Å². The first-order chi connectivity index (χ1) is 8.24. The Kier molecular flexibility index (Phi) is 2.57. The monoisotopic (exact) mass is 235 g/mol. The number of nitrogens with two attached hydrogens (primary N) is 1. The molecule has 0 saturated carbocycles. The maximum absolute atomic E-state index is 13.2. The van der Waals surface area contributed by atoms with E-state index < -0.39 is 0 Å². The molecule has 17 heavy (non-hydrogen) atoms. The molecule has 1 aromatic carbocycles. The molecule has 0 amide bonds. The molecule has 1 saturated heterocycles. The van der Waals surface area contributed by atoms with E-state index in [0.29, 0.717) is 11.5 Å². The van der Waals surface area contributed by atoms with Gasteiger partial charge >= 0.3 is 0 Å². The van der Waals surface area contributed by atoms with Crippen molar-refractivity contribution >= 4 is 11.0 Å². The van der Waals surface area contributed by atoms with Gasteiger partial charge < -0.3 is 4.52 Å². The van der Waals surface area contributed by atoms with Gasteiger partial charge in [0, 0.05) is 24.4 Å². The molecule has 1 aliphatic heterocycles. The summed E-state index contributed by atoms with van der Waals surface area (Å²) >= 11 is 0. The van der Waals surface area contributed by atoms with Crippen molar-refractivity contribution in [3.63, 3.8) is 0 Å². The Morgan fingerprint density at radius 3 is 2.88 bits per heavy atom. The van der Waals surface area contributed by atoms with Crippen LogP contribution in [0.2, 0.25) is 0 Å². The number of hydrazine groups is 1. The molecule has 2 N–H and O–H groups in total. The second-order valence-electron chi connectivity index (χ2n) is 4.52. The van der Waals surface area contributed by atoms with Crippen LogP contribution in [-0.4, -0.2) is 23.3 Å². The third-order valence-corrected chi connectivity index (χ3v) is 3.38. The topological polar surface area (TPSA) is 55.3 Å². The Bertz CT molecular complexity index is 532. The third-order valence-electron chi connectivity index (χ3n) is 3.38. The van der Waals surface area contributed by atoms with Crippen molar-refractivity contribution in [3.05, 3.63) is 29.7 Å². The Balaban J connectivity index is 1.97. The summed E-state index contributed by atoms with van der Waals surface area (Å²) in [5.74, 6) is 5.78. The van der Waals surface area contributed by atoms with E-state index in [1.54, 1.807) is 11.1 Å². The molecule has 0 aliphatic carbocycles. The number of nitrogens with zero attached hydrogens (tertiary/aromatic N) is 2. The van der Waals surface area contributed by atoms with E-state index in [1.807, 2.05) is 0 Å². The highest BCUT2D eigenvalue weighted by Gasteiger charge is 2.23. The van der Waals surface area contributed by atoms with Gasteiger partial charge in [0.15, 0.2) is 5.58 Å². The van der Waals surface area contributed by atoms with E-state index in [4.69, 9.17) is 10.4 Å². The van der Waals surface area contributed by atoms with Crippen LogP contribution in [0.5, 0.6) is 0 Å². The van der Waals surface area contributed by atoms with Gasteiger partial charge in [-0.2, -0.15) is 0 Å². The van der Waals surface area contributed by atoms with Crippen molar-refractivity contribution in [1.82, 2.24) is 10.2 Å². The zero-order chi connectivity index (χ0) is 11.8. The SMILES string of the molecule is NN1CCC(c2noc3ccc(F)cc23)CC1. The average Bonchev–Trinajstić information content (AvgIpc) is 2.73. The molecule has 1 fully saturated rings. The largest absolute Gasteiger partial charge is 0.356 e. The first-order valence-corrected chi connectivity index (χ1v) is 5.78. The van der Waals surface area contributed by atoms with Crippen molar-refractivity contribution in [2.45, 2.75) is 18.8 Å². The Morgan fingerprint density at radius 2 is 2.12 bits per heavy atom. The smallest absolute Gasteiger partial charge is 0.167 e. The maximum Gasteiger partial charge on any atom is 0.167 e. The van der Waals surface area contributed by atoms with Gasteiger partial charge in [-0.15, -0.1) is 0 Å². The number of hydrogen-bond acceptors (Lipinski definition) is 4. The molecule has 3 rings (SSSR count). The van der Waals surface area contributed by atoms with Gasteiger partial charge in [-0.3, -0.25) is 5.84 Å². The molecular weight excluding hydrogens is 221 g/mol. The summed E-state index contributed by atoms with van der Waals surface area (Å²) < 4.78 is 18.4. The molecule has 1 aliphatic rings. The molecule has 0 spiro atoms. The van der Waals surface area contributed by atoms with Crippen molar-refractivity contribution in [2.24, 2.45) is 5.84 Å². The molecule has 0 bridgehead atoms. The predicted molar refractivity (Wildman–Crippen MR) is 61.7 cm³/mol. The molecule has 2 heterocycles. The van der Waals surface area contributed by atoms with Gasteiger partial charge in [0.1, 0.15) is 5.82 Å². The minimum atomic E-state index is -0.252. The van der Waals surface area contributed by atoms with E-state index in [9.17, 15) is 4.39 Å². The van der Waals surface area contributed by atoms with Crippen LogP contribution < -0.4 is 5.84 Å². The molecule has 5 heteroatoms. The van der Waals surface area contributed by atoms with Crippen LogP contribution >= 0.6 is 0 Å². The lowest BCUT2D eigenvalue weighted by atomic mass is 9.92. The third kappa shape index (κ3) is 1.92. The fourth-order valence-corrected chi connectivity index (χ4v) is 2.40. The Labute approximate surface area is 98.1 Å². The van der Waals surface area contributed by atoms with Crippen molar-refractivity contribution in [1.29, 1.82) is 0 Å². The zero-order valence-electron chi connectivity index (χ0n) is 9.40. The summed E-state index contributed by atoms with van der Waals surface area (Å²) in [5, 5.41) is 6.68. The summed E-state index contributed by atoms with van der Waals surface area (Å²) in [5.41, 5.74) is 1.52. The van der Waals surface area contributed by atoms with Crippen LogP contribution in [-0.2, 0) is 0 Å². The normalized spacial score (nSPS) is 18.9. The number of halogens is 1. The van der Waals surface area contributed by atoms with Crippen LogP contribution in [0.1, 0.15) is 24.5 Å². The van der Waals surface area contributed by atoms with Crippen LogP contribution in [0.3, 0.4) is 0 Å². The van der Waals surface area contributed by atoms with Crippen molar-refractivity contribution < 1.29 is 8.91 Å². The highest BCUT2D eigenvalue weighted by Crippen LogP contribution is 2.32. The lowest BCUT2D eigenvalue weighted by molar-refractivity contribution is 0.214. The van der Waals surface area contributed by atoms with Gasteiger partial charge in [-0.1, -0.05) is 5.16 Å². The lowest BCUT2D eigenvalue weighted by Crippen LogP contribution is -2.38. The molecule has 1 aromatic heterocycles. The summed E-state index contributed by atoms with van der Waals surface area (Å²) in [6.07, 6.45) is 1.88. The van der Waals surface area contributed by atoms with Gasteiger partial charge in [-0.25, -0.2) is 9.40 Å². The first-order valence-electron chi connectivity index (χ1n) is 5.78. The number of piperidine rings is 1. The van der Waals surface area contributed by atoms with Gasteiger partial charge in [-0.05, 0) is 31.0 Å². The quantitative estimate of drug-likeness (QED) is 0.768. The fourth-order valence-electron chi connectivity index (χ4n) is 2.40. The second-order valence-corrected chi connectivity index (χ2v) is 4.52. The van der Waals surface area contributed by atoms with E-state index >= 15 is 0 Å². The minimum absolute atomic E-state index is 0.252. The highest BCUT2D eigenvalue weighted by atomic mass is 19.1. The summed E-state index contributed by atoms with van der Waals surface area (Å²) in [4.78, 5) is 0. The summed E-state index contributed by atoms with van der Waals surface area (Å²) in [7, 11) is 0. The minimum Gasteiger partial charge on any atom is -0.356 e. The Morgan fingerprint density at radius 1 is 1.35 bits per heavy atom. The van der Waals surface area contributed by atoms with E-state index in [-0.39, 0.29) is 5.82 Å². The number of aromatic nitrogens is 1. The predicted octanol–water partition coefficient (Wildman–Crippen LogP) is 2.02. The number of hydrogen-bond donors (Lipinski definition) is 1. The number of fused-ring (bicyclic) bond motifs is 1. The van der Waals surface area contributed by atoms with Gasteiger partial charge in [0.05, 0.1) is 5.69 Å². The molecule has 0 atom stereocenters. The molecule has 0 radical (unpaired) electrons. The Hall–Kier alpha value is -1.46. The lowest BCUT2D eigenvalue weighted by Gasteiger charge is -2.27. The van der Waals surface area contributed by atoms with Crippen LogP contribution in [0.4, 0.5) is 4.39 Å². The average molecular weight is 235 g/mol. The van der Waals surface area contributed by atoms with Crippen molar-refractivity contribution in [3.8, 4) is 0 Å². The summed E-state index contributed by atoms with van der Waals surface area (Å²) in [6, 6.07) is 4.51. The van der Waals surface area contributed by atoms with Crippen LogP contribution in [0.25, 0.3) is 11.0 Å². The van der Waals surface area contributed by atoms with Gasteiger partial charge in [0.2, 0.25) is 0 Å². The second kappa shape index (κ2) is 4.09. The molecule has 90 valence electrons. The fraction of sp³-hybridized carbons (Fsp3) is 0.417. The van der Waals surface area contributed by atoms with E-state index in [1.165, 1.54) is 12.1 Å². The standard InChI is InChI=1S/C12H14FN3O/c13-9-1-2-11-10(7-9)12(15-17-11)8-3-5-16(14)6-4-8/h1-2,7-8H,3-6,14H2. The van der Waals surface area contributed by atoms with Crippen molar-refractivity contribution in [2.75, 3.05) is 13.1 Å². The maximum atomic E-state index is 13.2.